The minimum atomic E-state index is -1.01. The lowest BCUT2D eigenvalue weighted by molar-refractivity contribution is -0.124. The first-order chi connectivity index (χ1) is 19.1. The van der Waals surface area contributed by atoms with Gasteiger partial charge in [-0.1, -0.05) is 66.7 Å². The van der Waals surface area contributed by atoms with Gasteiger partial charge in [-0.15, -0.1) is 0 Å². The van der Waals surface area contributed by atoms with Crippen molar-refractivity contribution in [3.63, 3.8) is 0 Å². The number of ether oxygens (including phenoxy) is 1. The first-order valence-electron chi connectivity index (χ1n) is 12.2. The summed E-state index contributed by atoms with van der Waals surface area (Å²) in [6.07, 6.45) is 3.27. The van der Waals surface area contributed by atoms with Crippen LogP contribution in [0.3, 0.4) is 0 Å². The molecule has 8 nitrogen and oxygen atoms in total. The molecular formula is C31H27N3O5. The lowest BCUT2D eigenvalue weighted by atomic mass is 10.0. The molecule has 4 aromatic rings. The Hall–Kier alpha value is -5.21. The maximum Gasteiger partial charge on any atom is 0.267 e. The summed E-state index contributed by atoms with van der Waals surface area (Å²) < 4.78 is 5.85. The highest BCUT2D eigenvalue weighted by atomic mass is 16.5. The van der Waals surface area contributed by atoms with Crippen molar-refractivity contribution in [2.45, 2.75) is 12.6 Å². The zero-order valence-electron chi connectivity index (χ0n) is 20.9. The summed E-state index contributed by atoms with van der Waals surface area (Å²) in [6.45, 7) is 0.281. The molecule has 0 spiro atoms. The summed E-state index contributed by atoms with van der Waals surface area (Å²) in [4.78, 5) is 38.8. The minimum Gasteiger partial charge on any atom is -0.457 e. The summed E-state index contributed by atoms with van der Waals surface area (Å²) in [5.41, 5.74) is 4.08. The molecule has 0 aliphatic heterocycles. The molecule has 0 aliphatic carbocycles. The third-order valence-electron chi connectivity index (χ3n) is 5.83. The van der Waals surface area contributed by atoms with Crippen LogP contribution in [0.2, 0.25) is 0 Å². The molecule has 1 unspecified atom stereocenters. The van der Waals surface area contributed by atoms with Crippen molar-refractivity contribution < 1.29 is 24.3 Å². The molecule has 3 N–H and O–H groups in total. The fourth-order valence-corrected chi connectivity index (χ4v) is 3.94. The van der Waals surface area contributed by atoms with Crippen LogP contribution in [0.4, 0.5) is 5.69 Å². The van der Waals surface area contributed by atoms with Gasteiger partial charge in [0, 0.05) is 18.3 Å². The van der Waals surface area contributed by atoms with Gasteiger partial charge in [0.25, 0.3) is 5.91 Å². The van der Waals surface area contributed by atoms with E-state index in [1.165, 1.54) is 16.5 Å². The van der Waals surface area contributed by atoms with Crippen molar-refractivity contribution in [2.75, 3.05) is 4.90 Å². The summed E-state index contributed by atoms with van der Waals surface area (Å²) in [6, 6.07) is 31.5. The number of carbonyl (C=O) groups excluding carboxylic acids is 3. The third-order valence-corrected chi connectivity index (χ3v) is 5.83. The first kappa shape index (κ1) is 26.8. The zero-order chi connectivity index (χ0) is 27.5. The molecule has 8 heteroatoms. The van der Waals surface area contributed by atoms with E-state index < -0.39 is 11.9 Å². The largest absolute Gasteiger partial charge is 0.457 e. The average molecular weight is 522 g/mol. The second kappa shape index (κ2) is 13.4. The van der Waals surface area contributed by atoms with Crippen LogP contribution in [0.1, 0.15) is 22.7 Å². The Kier molecular flexibility index (Phi) is 9.20. The van der Waals surface area contributed by atoms with Crippen molar-refractivity contribution in [2.24, 2.45) is 0 Å². The highest BCUT2D eigenvalue weighted by Crippen LogP contribution is 2.30. The number of hydroxylamine groups is 1. The number of anilines is 1. The smallest absolute Gasteiger partial charge is 0.267 e. The predicted octanol–water partition coefficient (Wildman–Crippen LogP) is 5.02. The first-order valence-corrected chi connectivity index (χ1v) is 12.2. The number of para-hydroxylation sites is 1. The van der Waals surface area contributed by atoms with E-state index in [9.17, 15) is 14.4 Å². The van der Waals surface area contributed by atoms with E-state index in [2.05, 4.69) is 5.32 Å². The van der Waals surface area contributed by atoms with Crippen LogP contribution in [0, 0.1) is 0 Å². The summed E-state index contributed by atoms with van der Waals surface area (Å²) in [5, 5.41) is 11.7. The second-order valence-electron chi connectivity index (χ2n) is 8.51. The van der Waals surface area contributed by atoms with Gasteiger partial charge in [-0.25, -0.2) is 5.48 Å². The van der Waals surface area contributed by atoms with Gasteiger partial charge in [0.05, 0.1) is 0 Å². The van der Waals surface area contributed by atoms with E-state index in [-0.39, 0.29) is 12.5 Å². The highest BCUT2D eigenvalue weighted by molar-refractivity contribution is 5.94. The minimum absolute atomic E-state index is 0.281. The highest BCUT2D eigenvalue weighted by Gasteiger charge is 2.28. The number of rotatable bonds is 11. The summed E-state index contributed by atoms with van der Waals surface area (Å²) in [5.74, 6) is 0.181. The van der Waals surface area contributed by atoms with Gasteiger partial charge in [0.2, 0.25) is 12.3 Å². The number of nitrogens with one attached hydrogen (secondary N) is 2. The van der Waals surface area contributed by atoms with Crippen LogP contribution in [0.5, 0.6) is 11.5 Å². The standard InChI is InChI=1S/C31H27N3O5/c35-22-34(26-15-17-28(18-16-26)39-27-12-5-2-6-13-27)30(31(37)32-21-24-8-3-1-4-9-24)25-11-7-10-23(20-25)14-19-29(36)33-38/h1-20,22,30,38H,21H2,(H,32,37)(H,33,36). The predicted molar refractivity (Wildman–Crippen MR) is 148 cm³/mol. The molecule has 0 heterocycles. The fraction of sp³-hybridized carbons (Fsp3) is 0.0645. The van der Waals surface area contributed by atoms with Gasteiger partial charge in [0.1, 0.15) is 17.5 Å². The van der Waals surface area contributed by atoms with Crippen molar-refractivity contribution >= 4 is 30.0 Å². The van der Waals surface area contributed by atoms with Crippen LogP contribution in [0.25, 0.3) is 6.08 Å². The molecule has 0 fully saturated rings. The Morgan fingerprint density at radius 1 is 0.846 bits per heavy atom. The molecule has 0 aromatic heterocycles. The Morgan fingerprint density at radius 3 is 2.18 bits per heavy atom. The number of hydrogen-bond donors (Lipinski definition) is 3. The van der Waals surface area contributed by atoms with E-state index >= 15 is 0 Å². The van der Waals surface area contributed by atoms with E-state index in [0.717, 1.165) is 11.6 Å². The average Bonchev–Trinajstić information content (AvgIpc) is 2.99. The van der Waals surface area contributed by atoms with E-state index in [0.29, 0.717) is 34.7 Å². The van der Waals surface area contributed by atoms with Crippen molar-refractivity contribution in [1.82, 2.24) is 10.8 Å². The zero-order valence-corrected chi connectivity index (χ0v) is 20.9. The van der Waals surface area contributed by atoms with Gasteiger partial charge >= 0.3 is 0 Å². The molecule has 4 rings (SSSR count). The van der Waals surface area contributed by atoms with E-state index in [1.54, 1.807) is 48.5 Å². The third kappa shape index (κ3) is 7.41. The van der Waals surface area contributed by atoms with Crippen molar-refractivity contribution in [1.29, 1.82) is 0 Å². The molecule has 0 aliphatic rings. The maximum atomic E-state index is 13.6. The molecule has 3 amide bonds. The molecule has 0 bridgehead atoms. The van der Waals surface area contributed by atoms with Gasteiger partial charge in [-0.2, -0.15) is 0 Å². The molecule has 4 aromatic carbocycles. The number of hydrogen-bond acceptors (Lipinski definition) is 5. The van der Waals surface area contributed by atoms with Gasteiger partial charge in [-0.3, -0.25) is 24.5 Å². The van der Waals surface area contributed by atoms with Gasteiger partial charge < -0.3 is 10.1 Å². The number of amides is 3. The molecular weight excluding hydrogens is 494 g/mol. The molecule has 0 saturated carbocycles. The van der Waals surface area contributed by atoms with Crippen LogP contribution >= 0.6 is 0 Å². The van der Waals surface area contributed by atoms with Crippen LogP contribution in [-0.4, -0.2) is 23.4 Å². The van der Waals surface area contributed by atoms with Crippen LogP contribution in [-0.2, 0) is 20.9 Å². The van der Waals surface area contributed by atoms with Crippen LogP contribution < -0.4 is 20.4 Å². The lowest BCUT2D eigenvalue weighted by Gasteiger charge is -2.28. The molecule has 0 radical (unpaired) electrons. The molecule has 39 heavy (non-hydrogen) atoms. The fourth-order valence-electron chi connectivity index (χ4n) is 3.94. The summed E-state index contributed by atoms with van der Waals surface area (Å²) >= 11 is 0. The Bertz CT molecular complexity index is 1420. The topological polar surface area (TPSA) is 108 Å². The maximum absolute atomic E-state index is 13.6. The summed E-state index contributed by atoms with van der Waals surface area (Å²) in [7, 11) is 0. The Labute approximate surface area is 226 Å². The van der Waals surface area contributed by atoms with E-state index in [1.807, 2.05) is 60.7 Å². The number of benzene rings is 4. The molecule has 1 atom stereocenters. The number of nitrogens with zero attached hydrogens (tertiary/aromatic N) is 1. The lowest BCUT2D eigenvalue weighted by Crippen LogP contribution is -2.40. The quantitative estimate of drug-likeness (QED) is 0.111. The second-order valence-corrected chi connectivity index (χ2v) is 8.51. The monoisotopic (exact) mass is 521 g/mol. The Balaban J connectivity index is 1.63. The van der Waals surface area contributed by atoms with Crippen molar-refractivity contribution in [3.8, 4) is 11.5 Å². The van der Waals surface area contributed by atoms with E-state index in [4.69, 9.17) is 9.94 Å². The molecule has 0 saturated heterocycles. The molecule has 196 valence electrons. The van der Waals surface area contributed by atoms with Crippen molar-refractivity contribution in [3.05, 3.63) is 132 Å². The van der Waals surface area contributed by atoms with Crippen LogP contribution in [0.15, 0.2) is 115 Å². The number of carbonyl (C=O) groups is 3. The Morgan fingerprint density at radius 2 is 1.51 bits per heavy atom. The van der Waals surface area contributed by atoms with Gasteiger partial charge in [0.15, 0.2) is 0 Å². The SMILES string of the molecule is O=CN(c1ccc(Oc2ccccc2)cc1)C(C(=O)NCc1ccccc1)c1cccc(C=CC(=O)NO)c1. The normalized spacial score (nSPS) is 11.4. The van der Waals surface area contributed by atoms with Gasteiger partial charge in [-0.05, 0) is 65.2 Å².